The maximum absolute atomic E-state index is 14.8. The summed E-state index contributed by atoms with van der Waals surface area (Å²) >= 11 is 0. The van der Waals surface area contributed by atoms with Crippen molar-refractivity contribution in [3.63, 3.8) is 0 Å². The van der Waals surface area contributed by atoms with Crippen molar-refractivity contribution >= 4 is 17.9 Å². The zero-order valence-electron chi connectivity index (χ0n) is 23.2. The quantitative estimate of drug-likeness (QED) is 0.408. The number of benzene rings is 1. The highest BCUT2D eigenvalue weighted by atomic mass is 19.2. The van der Waals surface area contributed by atoms with Crippen LogP contribution in [0, 0.1) is 11.6 Å². The predicted octanol–water partition coefficient (Wildman–Crippen LogP) is 5.95. The third-order valence-electron chi connectivity index (χ3n) is 8.94. The van der Waals surface area contributed by atoms with Crippen LogP contribution in [0.5, 0.6) is 0 Å². The van der Waals surface area contributed by atoms with Gasteiger partial charge in [0.25, 0.3) is 0 Å². The van der Waals surface area contributed by atoms with Gasteiger partial charge in [0, 0.05) is 62.0 Å². The lowest BCUT2D eigenvalue weighted by atomic mass is 9.83. The topological polar surface area (TPSA) is 101 Å². The van der Waals surface area contributed by atoms with Crippen molar-refractivity contribution in [1.82, 2.24) is 24.8 Å². The molecule has 0 radical (unpaired) electrons. The van der Waals surface area contributed by atoms with Crippen molar-refractivity contribution in [2.75, 3.05) is 18.4 Å². The fourth-order valence-electron chi connectivity index (χ4n) is 6.43. The number of ether oxygens (including phenoxy) is 1. The molecule has 1 aromatic carbocycles. The van der Waals surface area contributed by atoms with E-state index in [9.17, 15) is 18.4 Å². The van der Waals surface area contributed by atoms with Gasteiger partial charge in [0.1, 0.15) is 17.2 Å². The van der Waals surface area contributed by atoms with Gasteiger partial charge in [-0.3, -0.25) is 5.32 Å². The van der Waals surface area contributed by atoms with E-state index in [4.69, 9.17) is 9.72 Å². The van der Waals surface area contributed by atoms with Crippen LogP contribution in [-0.2, 0) is 16.9 Å². The smallest absolute Gasteiger partial charge is 0.413 e. The third-order valence-corrected chi connectivity index (χ3v) is 8.94. The molecule has 2 N–H and O–H groups in total. The first kappa shape index (κ1) is 27.2. The Morgan fingerprint density at radius 1 is 1.20 bits per heavy atom. The SMILES string of the molecule is CCC(C)c1cnc2n1C[C@H](c1cccc(F)c1F)CC[C@H]2NC(=O)N1CCC2(CC1)OC(=O)Nc1ncccc12. The van der Waals surface area contributed by atoms with E-state index in [0.29, 0.717) is 56.7 Å². The molecule has 3 aromatic rings. The van der Waals surface area contributed by atoms with Gasteiger partial charge in [0.2, 0.25) is 0 Å². The van der Waals surface area contributed by atoms with Gasteiger partial charge in [0.05, 0.1) is 6.04 Å². The first-order chi connectivity index (χ1) is 19.8. The Hall–Kier alpha value is -4.02. The monoisotopic (exact) mass is 564 g/mol. The summed E-state index contributed by atoms with van der Waals surface area (Å²) in [6.45, 7) is 5.46. The molecule has 1 fully saturated rings. The number of anilines is 1. The van der Waals surface area contributed by atoms with E-state index in [1.54, 1.807) is 23.2 Å². The molecule has 6 rings (SSSR count). The average Bonchev–Trinajstić information content (AvgIpc) is 3.31. The van der Waals surface area contributed by atoms with Crippen LogP contribution >= 0.6 is 0 Å². The van der Waals surface area contributed by atoms with Crippen molar-refractivity contribution in [2.24, 2.45) is 0 Å². The van der Waals surface area contributed by atoms with Crippen LogP contribution in [0.4, 0.5) is 24.2 Å². The summed E-state index contributed by atoms with van der Waals surface area (Å²) in [4.78, 5) is 36.5. The Morgan fingerprint density at radius 2 is 2.00 bits per heavy atom. The van der Waals surface area contributed by atoms with Crippen LogP contribution in [-0.4, -0.2) is 44.6 Å². The molecule has 0 aliphatic carbocycles. The zero-order chi connectivity index (χ0) is 28.7. The second-order valence-electron chi connectivity index (χ2n) is 11.3. The molecule has 1 spiro atoms. The van der Waals surface area contributed by atoms with Gasteiger partial charge in [-0.05, 0) is 48.9 Å². The molecule has 0 saturated carbocycles. The number of fused-ring (bicyclic) bond motifs is 3. The second-order valence-corrected chi connectivity index (χ2v) is 11.3. The van der Waals surface area contributed by atoms with E-state index in [0.717, 1.165) is 29.6 Å². The first-order valence-corrected chi connectivity index (χ1v) is 14.3. The summed E-state index contributed by atoms with van der Waals surface area (Å²) in [5.74, 6) is -0.495. The van der Waals surface area contributed by atoms with Crippen LogP contribution in [0.25, 0.3) is 0 Å². The minimum absolute atomic E-state index is 0.215. The maximum atomic E-state index is 14.8. The van der Waals surface area contributed by atoms with Crippen molar-refractivity contribution in [2.45, 2.75) is 76.0 Å². The van der Waals surface area contributed by atoms with Gasteiger partial charge < -0.3 is 19.5 Å². The van der Waals surface area contributed by atoms with E-state index in [-0.39, 0.29) is 23.9 Å². The number of carbonyl (C=O) groups is 2. The molecular formula is C30H34F2N6O3. The maximum Gasteiger partial charge on any atom is 0.413 e. The van der Waals surface area contributed by atoms with Crippen molar-refractivity contribution in [3.05, 3.63) is 77.0 Å². The highest BCUT2D eigenvalue weighted by Crippen LogP contribution is 2.43. The Morgan fingerprint density at radius 3 is 2.78 bits per heavy atom. The number of nitrogens with zero attached hydrogens (tertiary/aromatic N) is 4. The van der Waals surface area contributed by atoms with Gasteiger partial charge in [0.15, 0.2) is 11.6 Å². The molecule has 3 aliphatic rings. The minimum Gasteiger partial charge on any atom is -0.437 e. The highest BCUT2D eigenvalue weighted by Gasteiger charge is 2.46. The third kappa shape index (κ3) is 4.91. The molecular weight excluding hydrogens is 530 g/mol. The standard InChI is InChI=1S/C30H34F2N6O3/c1-3-18(2)24-16-34-27-23(10-9-19(17-38(24)27)20-6-4-8-22(31)25(20)32)35-28(39)37-14-11-30(12-15-37)21-7-5-13-33-26(21)36-29(40)41-30/h4-8,13,16,18-19,23H,3,9-12,14-15,17H2,1-2H3,(H,35,39)(H,33,36,40)/t18?,19-,23-/m1/s1. The number of imidazole rings is 1. The van der Waals surface area contributed by atoms with Crippen molar-refractivity contribution < 1.29 is 23.1 Å². The van der Waals surface area contributed by atoms with Crippen LogP contribution in [0.2, 0.25) is 0 Å². The van der Waals surface area contributed by atoms with Crippen molar-refractivity contribution in [3.8, 4) is 0 Å². The summed E-state index contributed by atoms with van der Waals surface area (Å²) in [5.41, 5.74) is 1.36. The summed E-state index contributed by atoms with van der Waals surface area (Å²) in [7, 11) is 0. The number of nitrogens with one attached hydrogen (secondary N) is 2. The first-order valence-electron chi connectivity index (χ1n) is 14.3. The molecule has 0 bridgehead atoms. The summed E-state index contributed by atoms with van der Waals surface area (Å²) in [6.07, 6.45) is 5.81. The molecule has 216 valence electrons. The molecule has 3 amide bonds. The summed E-state index contributed by atoms with van der Waals surface area (Å²) in [6, 6.07) is 7.41. The Balaban J connectivity index is 1.21. The lowest BCUT2D eigenvalue weighted by molar-refractivity contribution is -0.0308. The van der Waals surface area contributed by atoms with E-state index in [2.05, 4.69) is 34.0 Å². The predicted molar refractivity (Wildman–Crippen MR) is 147 cm³/mol. The molecule has 3 aliphatic heterocycles. The normalized spacial score (nSPS) is 22.1. The Bertz CT molecular complexity index is 1470. The number of pyridine rings is 1. The fraction of sp³-hybridized carbons (Fsp3) is 0.467. The number of rotatable bonds is 4. The van der Waals surface area contributed by atoms with Crippen LogP contribution in [0.1, 0.15) is 86.5 Å². The molecule has 5 heterocycles. The average molecular weight is 565 g/mol. The molecule has 1 saturated heterocycles. The molecule has 41 heavy (non-hydrogen) atoms. The minimum atomic E-state index is -0.856. The summed E-state index contributed by atoms with van der Waals surface area (Å²) in [5, 5.41) is 5.83. The number of halogens is 2. The number of carbonyl (C=O) groups excluding carboxylic acids is 2. The highest BCUT2D eigenvalue weighted by molar-refractivity contribution is 5.87. The van der Waals surface area contributed by atoms with E-state index >= 15 is 0 Å². The Kier molecular flexibility index (Phi) is 7.13. The molecule has 11 heteroatoms. The summed E-state index contributed by atoms with van der Waals surface area (Å²) < 4.78 is 36.8. The van der Waals surface area contributed by atoms with Gasteiger partial charge in [-0.25, -0.2) is 28.3 Å². The van der Waals surface area contributed by atoms with Gasteiger partial charge >= 0.3 is 12.1 Å². The number of amides is 3. The number of hydrogen-bond acceptors (Lipinski definition) is 5. The number of urea groups is 1. The lowest BCUT2D eigenvalue weighted by Gasteiger charge is -2.43. The molecule has 9 nitrogen and oxygen atoms in total. The van der Waals surface area contributed by atoms with Gasteiger partial charge in [-0.15, -0.1) is 0 Å². The largest absolute Gasteiger partial charge is 0.437 e. The second kappa shape index (κ2) is 10.8. The van der Waals surface area contributed by atoms with E-state index < -0.39 is 23.3 Å². The zero-order valence-corrected chi connectivity index (χ0v) is 23.2. The van der Waals surface area contributed by atoms with Crippen LogP contribution in [0.15, 0.2) is 42.7 Å². The Labute approximate surface area is 237 Å². The fourth-order valence-corrected chi connectivity index (χ4v) is 6.43. The van der Waals surface area contributed by atoms with Crippen LogP contribution in [0.3, 0.4) is 0 Å². The van der Waals surface area contributed by atoms with Crippen LogP contribution < -0.4 is 10.6 Å². The molecule has 2 aromatic heterocycles. The van der Waals surface area contributed by atoms with Crippen molar-refractivity contribution in [1.29, 1.82) is 0 Å². The van der Waals surface area contributed by atoms with E-state index in [1.807, 2.05) is 18.3 Å². The lowest BCUT2D eigenvalue weighted by Crippen LogP contribution is -2.52. The number of aromatic nitrogens is 3. The number of likely N-dealkylation sites (tertiary alicyclic amines) is 1. The van der Waals surface area contributed by atoms with Gasteiger partial charge in [-0.1, -0.05) is 26.0 Å². The molecule has 1 unspecified atom stereocenters. The number of piperidine rings is 1. The molecule has 3 atom stereocenters. The van der Waals surface area contributed by atoms with E-state index in [1.165, 1.54) is 0 Å². The number of hydrogen-bond donors (Lipinski definition) is 2. The van der Waals surface area contributed by atoms with Gasteiger partial charge in [-0.2, -0.15) is 0 Å².